The number of hydrogen-bond acceptors (Lipinski definition) is 1. The van der Waals surface area contributed by atoms with Crippen LogP contribution in [0, 0.1) is 0 Å². The number of nitrogens with zero attached hydrogens (tertiary/aromatic N) is 2. The van der Waals surface area contributed by atoms with Crippen molar-refractivity contribution in [1.82, 2.24) is 4.57 Å². The first kappa shape index (κ1) is 40.3. The normalized spacial score (nSPS) is 15.7. The Morgan fingerprint density at radius 1 is 0.441 bits per heavy atom. The molecule has 0 bridgehead atoms. The van der Waals surface area contributed by atoms with Crippen LogP contribution in [0.5, 0.6) is 0 Å². The molecule has 1 fully saturated rings. The maximum atomic E-state index is 2.56. The van der Waals surface area contributed by atoms with E-state index >= 15 is 0 Å². The van der Waals surface area contributed by atoms with Crippen molar-refractivity contribution in [3.63, 3.8) is 0 Å². The standard InChI is InChI=1S/C66H52N2/c1-66(48-25-7-3-8-26-48)57-35-14-11-30-55(57)65-58(66)36-20-40-62(65)68(59-37-15-12-29-53(59)54-34-18-24-47-23-17-32-51(63(47)54)45-21-5-2-6-22-45)50-43-41-46(42-44-50)52-33-19-39-61-64(52)56-31-13-16-38-60(56)67(61)49-27-9-4-10-28-49/h3-4,7-20,23-45H,2,5-6,21-22H2,1H3. The molecule has 0 saturated heterocycles. The topological polar surface area (TPSA) is 8.17 Å². The molecular formula is C66H52N2. The second-order valence-corrected chi connectivity index (χ2v) is 19.1. The smallest absolute Gasteiger partial charge is 0.0547 e. The molecule has 1 saturated carbocycles. The summed E-state index contributed by atoms with van der Waals surface area (Å²) in [4.78, 5) is 2.56. The third-order valence-corrected chi connectivity index (χ3v) is 15.5. The molecule has 1 atom stereocenters. The predicted molar refractivity (Wildman–Crippen MR) is 287 cm³/mol. The maximum absolute atomic E-state index is 2.56. The summed E-state index contributed by atoms with van der Waals surface area (Å²) in [7, 11) is 0. The number of aromatic nitrogens is 1. The fourth-order valence-electron chi connectivity index (χ4n) is 12.3. The average molecular weight is 873 g/mol. The molecule has 0 amide bonds. The van der Waals surface area contributed by atoms with Crippen LogP contribution in [-0.4, -0.2) is 4.57 Å². The first-order valence-corrected chi connectivity index (χ1v) is 24.5. The van der Waals surface area contributed by atoms with E-state index in [1.807, 2.05) is 0 Å². The Kier molecular flexibility index (Phi) is 9.75. The Labute approximate surface area is 399 Å². The van der Waals surface area contributed by atoms with Gasteiger partial charge in [0.2, 0.25) is 0 Å². The summed E-state index contributed by atoms with van der Waals surface area (Å²) in [6, 6.07) is 86.1. The predicted octanol–water partition coefficient (Wildman–Crippen LogP) is 18.1. The Balaban J connectivity index is 1.04. The van der Waals surface area contributed by atoms with Crippen LogP contribution in [0.1, 0.15) is 67.2 Å². The van der Waals surface area contributed by atoms with Crippen molar-refractivity contribution in [2.45, 2.75) is 50.4 Å². The molecule has 326 valence electrons. The first-order chi connectivity index (χ1) is 33.7. The zero-order valence-electron chi connectivity index (χ0n) is 38.4. The number of benzene rings is 10. The summed E-state index contributed by atoms with van der Waals surface area (Å²) in [5.41, 5.74) is 19.7. The molecule has 0 spiro atoms. The fraction of sp³-hybridized carbons (Fsp3) is 0.121. The Bertz CT molecular complexity index is 3660. The fourth-order valence-corrected chi connectivity index (χ4v) is 12.3. The van der Waals surface area contributed by atoms with E-state index in [1.165, 1.54) is 132 Å². The number of fused-ring (bicyclic) bond motifs is 7. The van der Waals surface area contributed by atoms with Gasteiger partial charge in [0.1, 0.15) is 0 Å². The van der Waals surface area contributed by atoms with Crippen LogP contribution in [0.4, 0.5) is 17.1 Å². The van der Waals surface area contributed by atoms with Crippen LogP contribution < -0.4 is 4.90 Å². The molecule has 0 aliphatic heterocycles. The zero-order chi connectivity index (χ0) is 45.2. The highest BCUT2D eigenvalue weighted by Crippen LogP contribution is 2.57. The summed E-state index contributed by atoms with van der Waals surface area (Å²) in [5, 5.41) is 5.23. The van der Waals surface area contributed by atoms with Gasteiger partial charge in [-0.05, 0) is 129 Å². The van der Waals surface area contributed by atoms with Crippen molar-refractivity contribution < 1.29 is 0 Å². The molecular weight excluding hydrogens is 821 g/mol. The minimum Gasteiger partial charge on any atom is -0.309 e. The van der Waals surface area contributed by atoms with Crippen molar-refractivity contribution in [3.05, 3.63) is 253 Å². The molecule has 0 radical (unpaired) electrons. The van der Waals surface area contributed by atoms with Gasteiger partial charge in [-0.25, -0.2) is 0 Å². The molecule has 2 nitrogen and oxygen atoms in total. The van der Waals surface area contributed by atoms with E-state index in [2.05, 4.69) is 247 Å². The third kappa shape index (κ3) is 6.31. The summed E-state index contributed by atoms with van der Waals surface area (Å²) in [5.74, 6) is 0.570. The van der Waals surface area contributed by atoms with Gasteiger partial charge < -0.3 is 9.47 Å². The highest BCUT2D eigenvalue weighted by Gasteiger charge is 2.42. The van der Waals surface area contributed by atoms with E-state index in [1.54, 1.807) is 0 Å². The van der Waals surface area contributed by atoms with Crippen molar-refractivity contribution in [2.24, 2.45) is 0 Å². The molecule has 68 heavy (non-hydrogen) atoms. The van der Waals surface area contributed by atoms with Crippen molar-refractivity contribution in [2.75, 3.05) is 4.90 Å². The van der Waals surface area contributed by atoms with Crippen LogP contribution in [-0.2, 0) is 5.41 Å². The molecule has 2 aliphatic rings. The SMILES string of the molecule is CC1(c2ccccc2)c2ccccc2-c2c(N(c3ccc(-c4cccc5c4c4ccccc4n5-c4ccccc4)cc3)c3ccccc3-c3cccc4cccc(C5CCCCC5)c34)cccc21. The monoisotopic (exact) mass is 872 g/mol. The van der Waals surface area contributed by atoms with E-state index < -0.39 is 0 Å². The van der Waals surface area contributed by atoms with Crippen LogP contribution >= 0.6 is 0 Å². The number of rotatable bonds is 8. The minimum atomic E-state index is -0.333. The van der Waals surface area contributed by atoms with Gasteiger partial charge in [-0.3, -0.25) is 0 Å². The Morgan fingerprint density at radius 2 is 1.04 bits per heavy atom. The van der Waals surface area contributed by atoms with E-state index in [0.717, 1.165) is 11.4 Å². The molecule has 2 aliphatic carbocycles. The molecule has 1 unspecified atom stereocenters. The lowest BCUT2D eigenvalue weighted by Crippen LogP contribution is -2.22. The molecule has 1 heterocycles. The van der Waals surface area contributed by atoms with Gasteiger partial charge in [0.05, 0.1) is 22.4 Å². The summed E-state index contributed by atoms with van der Waals surface area (Å²) in [6.45, 7) is 2.42. The van der Waals surface area contributed by atoms with Crippen molar-refractivity contribution in [1.29, 1.82) is 0 Å². The lowest BCUT2D eigenvalue weighted by molar-refractivity contribution is 0.445. The molecule has 1 aromatic heterocycles. The lowest BCUT2D eigenvalue weighted by atomic mass is 9.74. The third-order valence-electron chi connectivity index (χ3n) is 15.5. The summed E-state index contributed by atoms with van der Waals surface area (Å²) < 4.78 is 2.41. The summed E-state index contributed by atoms with van der Waals surface area (Å²) in [6.07, 6.45) is 6.45. The second kappa shape index (κ2) is 16.4. The van der Waals surface area contributed by atoms with Gasteiger partial charge in [-0.2, -0.15) is 0 Å². The largest absolute Gasteiger partial charge is 0.309 e. The number of hydrogen-bond donors (Lipinski definition) is 0. The number of anilines is 3. The first-order valence-electron chi connectivity index (χ1n) is 24.5. The van der Waals surface area contributed by atoms with Crippen molar-refractivity contribution >= 4 is 49.6 Å². The van der Waals surface area contributed by atoms with Crippen LogP contribution in [0.2, 0.25) is 0 Å². The van der Waals surface area contributed by atoms with E-state index in [-0.39, 0.29) is 5.41 Å². The van der Waals surface area contributed by atoms with E-state index in [0.29, 0.717) is 5.92 Å². The molecule has 10 aromatic carbocycles. The highest BCUT2D eigenvalue weighted by molar-refractivity contribution is 6.16. The van der Waals surface area contributed by atoms with Crippen molar-refractivity contribution in [3.8, 4) is 39.1 Å². The zero-order valence-corrected chi connectivity index (χ0v) is 38.4. The molecule has 13 rings (SSSR count). The maximum Gasteiger partial charge on any atom is 0.0547 e. The van der Waals surface area contributed by atoms with Crippen LogP contribution in [0.25, 0.3) is 71.6 Å². The Morgan fingerprint density at radius 3 is 1.87 bits per heavy atom. The van der Waals surface area contributed by atoms with E-state index in [9.17, 15) is 0 Å². The second-order valence-electron chi connectivity index (χ2n) is 19.1. The summed E-state index contributed by atoms with van der Waals surface area (Å²) >= 11 is 0. The van der Waals surface area contributed by atoms with Gasteiger partial charge in [0, 0.05) is 38.7 Å². The highest BCUT2D eigenvalue weighted by atomic mass is 15.1. The average Bonchev–Trinajstić information content (AvgIpc) is 3.90. The quantitative estimate of drug-likeness (QED) is 0.148. The molecule has 0 N–H and O–H groups in total. The van der Waals surface area contributed by atoms with Crippen LogP contribution in [0.15, 0.2) is 231 Å². The minimum absolute atomic E-state index is 0.333. The van der Waals surface area contributed by atoms with Gasteiger partial charge in [-0.15, -0.1) is 0 Å². The van der Waals surface area contributed by atoms with Crippen LogP contribution in [0.3, 0.4) is 0 Å². The number of para-hydroxylation sites is 3. The lowest BCUT2D eigenvalue weighted by Gasteiger charge is -2.32. The van der Waals surface area contributed by atoms with Gasteiger partial charge >= 0.3 is 0 Å². The molecule has 11 aromatic rings. The molecule has 2 heteroatoms. The Hall–Kier alpha value is -7.94. The van der Waals surface area contributed by atoms with E-state index in [4.69, 9.17) is 0 Å². The van der Waals surface area contributed by atoms with Gasteiger partial charge in [-0.1, -0.05) is 201 Å². The van der Waals surface area contributed by atoms with Gasteiger partial charge in [0.15, 0.2) is 0 Å². The van der Waals surface area contributed by atoms with Gasteiger partial charge in [0.25, 0.3) is 0 Å².